The second-order valence-corrected chi connectivity index (χ2v) is 10.1. The summed E-state index contributed by atoms with van der Waals surface area (Å²) in [5, 5.41) is 9.14. The molecule has 0 aromatic carbocycles. The van der Waals surface area contributed by atoms with E-state index in [-0.39, 0.29) is 57.5 Å². The summed E-state index contributed by atoms with van der Waals surface area (Å²) >= 11 is 0. The van der Waals surface area contributed by atoms with Gasteiger partial charge in [0.05, 0.1) is 16.2 Å². The summed E-state index contributed by atoms with van der Waals surface area (Å²) in [7, 11) is -4.09. The molecule has 0 fully saturated rings. The zero-order chi connectivity index (χ0) is 20.4. The van der Waals surface area contributed by atoms with Crippen LogP contribution < -0.4 is 51.4 Å². The molecule has 1 N–H and O–H groups in total. The van der Waals surface area contributed by atoms with Crippen LogP contribution in [0.5, 0.6) is 0 Å². The molecule has 0 rings (SSSR count). The summed E-state index contributed by atoms with van der Waals surface area (Å²) in [6.45, 7) is 3.71. The Bertz CT molecular complexity index is 415. The van der Waals surface area contributed by atoms with E-state index in [0.717, 1.165) is 32.1 Å². The monoisotopic (exact) mass is 444 g/mol. The van der Waals surface area contributed by atoms with Crippen LogP contribution in [0, 0.1) is 0 Å². The number of aliphatic hydroxyl groups is 1. The molecule has 0 heterocycles. The van der Waals surface area contributed by atoms with Crippen molar-refractivity contribution in [2.24, 2.45) is 0 Å². The second kappa shape index (κ2) is 21.7. The van der Waals surface area contributed by atoms with Crippen molar-refractivity contribution in [1.82, 2.24) is 0 Å². The van der Waals surface area contributed by atoms with Crippen molar-refractivity contribution in [3.63, 3.8) is 0 Å². The molecular weight excluding hydrogens is 399 g/mol. The normalized spacial score (nSPS) is 13.9. The van der Waals surface area contributed by atoms with Gasteiger partial charge in [-0.2, -0.15) is 0 Å². The molecular formula is C22H45KO4S. The van der Waals surface area contributed by atoms with Crippen LogP contribution in [-0.2, 0) is 10.1 Å². The van der Waals surface area contributed by atoms with Gasteiger partial charge in [0.1, 0.15) is 0 Å². The van der Waals surface area contributed by atoms with Crippen LogP contribution >= 0.6 is 0 Å². The second-order valence-electron chi connectivity index (χ2n) is 8.27. The van der Waals surface area contributed by atoms with E-state index in [9.17, 15) is 18.1 Å². The van der Waals surface area contributed by atoms with Gasteiger partial charge in [0.25, 0.3) is 0 Å². The minimum absolute atomic E-state index is 0. The molecule has 0 radical (unpaired) electrons. The summed E-state index contributed by atoms with van der Waals surface area (Å²) in [6, 6.07) is 0. The summed E-state index contributed by atoms with van der Waals surface area (Å²) in [5.74, 6) is 0. The summed E-state index contributed by atoms with van der Waals surface area (Å²) < 4.78 is 32.4. The smallest absolute Gasteiger partial charge is 0.748 e. The van der Waals surface area contributed by atoms with Crippen molar-refractivity contribution in [2.75, 3.05) is 0 Å². The predicted molar refractivity (Wildman–Crippen MR) is 114 cm³/mol. The molecule has 0 aromatic rings. The minimum atomic E-state index is -4.09. The topological polar surface area (TPSA) is 77.4 Å². The third-order valence-electron chi connectivity index (χ3n) is 5.53. The molecule has 0 aliphatic heterocycles. The molecule has 0 aromatic heterocycles. The predicted octanol–water partition coefficient (Wildman–Crippen LogP) is 3.33. The van der Waals surface area contributed by atoms with Crippen LogP contribution in [0.4, 0.5) is 0 Å². The van der Waals surface area contributed by atoms with E-state index in [1.54, 1.807) is 0 Å². The first kappa shape index (κ1) is 31.7. The van der Waals surface area contributed by atoms with Gasteiger partial charge in [0, 0.05) is 5.25 Å². The Morgan fingerprint density at radius 1 is 0.679 bits per heavy atom. The van der Waals surface area contributed by atoms with Crippen molar-refractivity contribution in [2.45, 2.75) is 141 Å². The quantitative estimate of drug-likeness (QED) is 0.177. The van der Waals surface area contributed by atoms with Crippen LogP contribution in [-0.4, -0.2) is 29.4 Å². The Hall–Kier alpha value is 1.51. The Morgan fingerprint density at radius 2 is 1.00 bits per heavy atom. The van der Waals surface area contributed by atoms with E-state index in [2.05, 4.69) is 6.92 Å². The van der Waals surface area contributed by atoms with E-state index in [1.165, 1.54) is 84.0 Å². The number of aliphatic hydroxyl groups excluding tert-OH is 1. The average molecular weight is 445 g/mol. The van der Waals surface area contributed by atoms with Crippen LogP contribution in [0.3, 0.4) is 0 Å². The van der Waals surface area contributed by atoms with Crippen molar-refractivity contribution >= 4 is 10.1 Å². The molecule has 2 atom stereocenters. The van der Waals surface area contributed by atoms with Gasteiger partial charge in [-0.1, -0.05) is 103 Å². The summed E-state index contributed by atoms with van der Waals surface area (Å²) in [4.78, 5) is 0. The maximum atomic E-state index is 10.8. The van der Waals surface area contributed by atoms with Crippen LogP contribution in [0.15, 0.2) is 0 Å². The van der Waals surface area contributed by atoms with Gasteiger partial charge in [-0.25, -0.2) is 8.42 Å². The molecule has 164 valence electrons. The maximum Gasteiger partial charge on any atom is 1.00 e. The van der Waals surface area contributed by atoms with E-state index < -0.39 is 15.4 Å². The van der Waals surface area contributed by atoms with Crippen LogP contribution in [0.1, 0.15) is 129 Å². The third kappa shape index (κ3) is 22.2. The van der Waals surface area contributed by atoms with Crippen LogP contribution in [0.2, 0.25) is 0 Å². The molecule has 6 heteroatoms. The largest absolute Gasteiger partial charge is 1.00 e. The first-order chi connectivity index (χ1) is 12.9. The Morgan fingerprint density at radius 3 is 1.36 bits per heavy atom. The third-order valence-corrected chi connectivity index (χ3v) is 6.75. The molecule has 28 heavy (non-hydrogen) atoms. The van der Waals surface area contributed by atoms with Gasteiger partial charge >= 0.3 is 51.4 Å². The van der Waals surface area contributed by atoms with Gasteiger partial charge in [-0.05, 0) is 26.2 Å². The van der Waals surface area contributed by atoms with Gasteiger partial charge < -0.3 is 9.66 Å². The molecule has 4 nitrogen and oxygen atoms in total. The Kier molecular flexibility index (Phi) is 24.6. The maximum absolute atomic E-state index is 10.8. The number of hydrogen-bond donors (Lipinski definition) is 1. The molecule has 0 saturated carbocycles. The van der Waals surface area contributed by atoms with Crippen LogP contribution in [0.25, 0.3) is 0 Å². The van der Waals surface area contributed by atoms with Gasteiger partial charge in [-0.15, -0.1) is 0 Å². The van der Waals surface area contributed by atoms with Crippen molar-refractivity contribution in [3.8, 4) is 0 Å². The molecule has 0 aliphatic rings. The minimum Gasteiger partial charge on any atom is -0.748 e. The zero-order valence-corrected chi connectivity index (χ0v) is 22.9. The fourth-order valence-corrected chi connectivity index (χ4v) is 3.95. The number of unbranched alkanes of at least 4 members (excludes halogenated alkanes) is 13. The number of rotatable bonds is 20. The molecule has 0 spiro atoms. The van der Waals surface area contributed by atoms with Crippen molar-refractivity contribution in [1.29, 1.82) is 0 Å². The molecule has 0 bridgehead atoms. The van der Waals surface area contributed by atoms with E-state index in [1.807, 2.05) is 0 Å². The van der Waals surface area contributed by atoms with Gasteiger partial charge in [0.15, 0.2) is 0 Å². The molecule has 2 unspecified atom stereocenters. The first-order valence-corrected chi connectivity index (χ1v) is 13.0. The van der Waals surface area contributed by atoms with Gasteiger partial charge in [-0.3, -0.25) is 0 Å². The molecule has 0 saturated heterocycles. The first-order valence-electron chi connectivity index (χ1n) is 11.5. The average Bonchev–Trinajstić information content (AvgIpc) is 2.61. The fourth-order valence-electron chi connectivity index (χ4n) is 3.50. The zero-order valence-electron chi connectivity index (χ0n) is 19.0. The Labute approximate surface area is 218 Å². The standard InChI is InChI=1S/C22H46O4S.K/c1-3-4-15-19-22(23)20-17-14-12-10-8-6-5-7-9-11-13-16-18-21(2)27(24,25)26;/h21-23H,3-20H2,1-2H3,(H,24,25,26);/q;+1/p-1. The van der Waals surface area contributed by atoms with Crippen molar-refractivity contribution in [3.05, 3.63) is 0 Å². The van der Waals surface area contributed by atoms with Gasteiger partial charge in [0.2, 0.25) is 0 Å². The van der Waals surface area contributed by atoms with E-state index in [4.69, 9.17) is 0 Å². The SMILES string of the molecule is CCCCCC(O)CCCCCCCCCCCCCCC(C)S(=O)(=O)[O-].[K+]. The van der Waals surface area contributed by atoms with E-state index in [0.29, 0.717) is 6.42 Å². The van der Waals surface area contributed by atoms with Crippen molar-refractivity contribution < 1.29 is 69.5 Å². The number of hydrogen-bond acceptors (Lipinski definition) is 4. The fraction of sp³-hybridized carbons (Fsp3) is 1.00. The molecule has 0 amide bonds. The Balaban J connectivity index is 0. The molecule has 0 aliphatic carbocycles. The summed E-state index contributed by atoms with van der Waals surface area (Å²) in [6.07, 6.45) is 20.4. The van der Waals surface area contributed by atoms with E-state index >= 15 is 0 Å². The summed E-state index contributed by atoms with van der Waals surface area (Å²) in [5.41, 5.74) is 0.